The summed E-state index contributed by atoms with van der Waals surface area (Å²) in [5.41, 5.74) is 5.83. The largest absolute Gasteiger partial charge is 0.322 e. The molecule has 0 amide bonds. The Morgan fingerprint density at radius 3 is 2.67 bits per heavy atom. The summed E-state index contributed by atoms with van der Waals surface area (Å²) in [6.07, 6.45) is 6.71. The second kappa shape index (κ2) is 2.14. The molecule has 0 aromatic carbocycles. The molecule has 0 fully saturated rings. The third-order valence-corrected chi connectivity index (χ3v) is 1.94. The highest BCUT2D eigenvalue weighted by atomic mass is 14.7. The van der Waals surface area contributed by atoms with E-state index < -0.39 is 0 Å². The molecule has 0 saturated carbocycles. The minimum absolute atomic E-state index is 0.0213. The van der Waals surface area contributed by atoms with E-state index in [0.717, 1.165) is 12.3 Å². The normalized spacial score (nSPS) is 43.2. The van der Waals surface area contributed by atoms with E-state index in [4.69, 9.17) is 5.73 Å². The van der Waals surface area contributed by atoms with Crippen molar-refractivity contribution in [2.24, 2.45) is 11.7 Å². The van der Waals surface area contributed by atoms with Crippen LogP contribution in [-0.4, -0.2) is 5.54 Å². The van der Waals surface area contributed by atoms with Gasteiger partial charge in [-0.1, -0.05) is 19.1 Å². The van der Waals surface area contributed by atoms with Crippen LogP contribution in [0.15, 0.2) is 12.2 Å². The van der Waals surface area contributed by atoms with Crippen LogP contribution in [0, 0.1) is 5.92 Å². The van der Waals surface area contributed by atoms with Gasteiger partial charge in [-0.3, -0.25) is 0 Å². The summed E-state index contributed by atoms with van der Waals surface area (Å²) >= 11 is 0. The lowest BCUT2D eigenvalue weighted by Crippen LogP contribution is -2.35. The first-order valence-electron chi connectivity index (χ1n) is 3.58. The lowest BCUT2D eigenvalue weighted by molar-refractivity contribution is 0.441. The molecule has 0 saturated heterocycles. The van der Waals surface area contributed by atoms with Crippen molar-refractivity contribution in [3.8, 4) is 0 Å². The Morgan fingerprint density at radius 1 is 1.67 bits per heavy atom. The second-order valence-corrected chi connectivity index (χ2v) is 3.38. The summed E-state index contributed by atoms with van der Waals surface area (Å²) in [5, 5.41) is 0. The van der Waals surface area contributed by atoms with Gasteiger partial charge in [-0.25, -0.2) is 0 Å². The molecule has 1 heteroatoms. The zero-order valence-corrected chi connectivity index (χ0v) is 6.22. The van der Waals surface area contributed by atoms with E-state index in [-0.39, 0.29) is 5.54 Å². The molecule has 2 N–H and O–H groups in total. The third-order valence-electron chi connectivity index (χ3n) is 1.94. The van der Waals surface area contributed by atoms with Gasteiger partial charge >= 0.3 is 0 Å². The van der Waals surface area contributed by atoms with Gasteiger partial charge in [-0.2, -0.15) is 0 Å². The highest BCUT2D eigenvalue weighted by Crippen LogP contribution is 2.22. The standard InChI is InChI=1S/C8H15N/c1-7-3-5-8(2,9)6-4-7/h3,5,7H,4,6,9H2,1-2H3. The Kier molecular flexibility index (Phi) is 1.62. The SMILES string of the molecule is CC1C=CC(C)(N)CC1. The van der Waals surface area contributed by atoms with Crippen molar-refractivity contribution in [3.05, 3.63) is 12.2 Å². The van der Waals surface area contributed by atoms with Crippen molar-refractivity contribution in [1.29, 1.82) is 0 Å². The average Bonchev–Trinajstić information content (AvgIpc) is 1.78. The van der Waals surface area contributed by atoms with Crippen molar-refractivity contribution < 1.29 is 0 Å². The fourth-order valence-electron chi connectivity index (χ4n) is 1.10. The topological polar surface area (TPSA) is 26.0 Å². The van der Waals surface area contributed by atoms with Crippen molar-refractivity contribution in [3.63, 3.8) is 0 Å². The van der Waals surface area contributed by atoms with Crippen LogP contribution in [-0.2, 0) is 0 Å². The number of hydrogen-bond acceptors (Lipinski definition) is 1. The molecule has 0 spiro atoms. The van der Waals surface area contributed by atoms with Crippen molar-refractivity contribution in [1.82, 2.24) is 0 Å². The summed E-state index contributed by atoms with van der Waals surface area (Å²) in [6.45, 7) is 4.31. The fourth-order valence-corrected chi connectivity index (χ4v) is 1.10. The van der Waals surface area contributed by atoms with Crippen molar-refractivity contribution in [2.75, 3.05) is 0 Å². The maximum Gasteiger partial charge on any atom is 0.0310 e. The summed E-state index contributed by atoms with van der Waals surface area (Å²) in [7, 11) is 0. The van der Waals surface area contributed by atoms with Crippen molar-refractivity contribution in [2.45, 2.75) is 32.2 Å². The van der Waals surface area contributed by atoms with Gasteiger partial charge in [0.25, 0.3) is 0 Å². The van der Waals surface area contributed by atoms with Crippen molar-refractivity contribution >= 4 is 0 Å². The summed E-state index contributed by atoms with van der Waals surface area (Å²) < 4.78 is 0. The summed E-state index contributed by atoms with van der Waals surface area (Å²) in [4.78, 5) is 0. The van der Waals surface area contributed by atoms with Crippen LogP contribution in [0.5, 0.6) is 0 Å². The van der Waals surface area contributed by atoms with Crippen LogP contribution in [0.25, 0.3) is 0 Å². The lowest BCUT2D eigenvalue weighted by atomic mass is 9.86. The van der Waals surface area contributed by atoms with Gasteiger partial charge in [0.15, 0.2) is 0 Å². The fraction of sp³-hybridized carbons (Fsp3) is 0.750. The third kappa shape index (κ3) is 1.83. The van der Waals surface area contributed by atoms with Crippen LogP contribution in [0.3, 0.4) is 0 Å². The van der Waals surface area contributed by atoms with Crippen LogP contribution in [0.4, 0.5) is 0 Å². The molecule has 0 aromatic rings. The molecular formula is C8H15N. The van der Waals surface area contributed by atoms with Gasteiger partial charge in [-0.05, 0) is 25.7 Å². The molecule has 0 heterocycles. The average molecular weight is 125 g/mol. The first kappa shape index (κ1) is 6.81. The van der Waals surface area contributed by atoms with E-state index >= 15 is 0 Å². The molecule has 9 heavy (non-hydrogen) atoms. The van der Waals surface area contributed by atoms with Gasteiger partial charge in [0.1, 0.15) is 0 Å². The number of allylic oxidation sites excluding steroid dienone is 1. The molecule has 0 radical (unpaired) electrons. The Hall–Kier alpha value is -0.300. The van der Waals surface area contributed by atoms with E-state index in [0.29, 0.717) is 0 Å². The molecule has 1 rings (SSSR count). The molecule has 0 aromatic heterocycles. The van der Waals surface area contributed by atoms with Crippen LogP contribution in [0.2, 0.25) is 0 Å². The summed E-state index contributed by atoms with van der Waals surface area (Å²) in [5.74, 6) is 0.738. The molecule has 1 aliphatic rings. The Labute approximate surface area is 56.9 Å². The van der Waals surface area contributed by atoms with Gasteiger partial charge in [0, 0.05) is 5.54 Å². The lowest BCUT2D eigenvalue weighted by Gasteiger charge is -2.26. The van der Waals surface area contributed by atoms with Gasteiger partial charge < -0.3 is 5.73 Å². The molecule has 1 nitrogen and oxygen atoms in total. The maximum absolute atomic E-state index is 5.85. The predicted octanol–water partition coefficient (Wildman–Crippen LogP) is 1.69. The van der Waals surface area contributed by atoms with Crippen LogP contribution >= 0.6 is 0 Å². The van der Waals surface area contributed by atoms with E-state index in [9.17, 15) is 0 Å². The smallest absolute Gasteiger partial charge is 0.0310 e. The molecule has 2 unspecified atom stereocenters. The second-order valence-electron chi connectivity index (χ2n) is 3.38. The van der Waals surface area contributed by atoms with Crippen LogP contribution < -0.4 is 5.73 Å². The molecule has 52 valence electrons. The highest BCUT2D eigenvalue weighted by molar-refractivity contribution is 5.07. The first-order valence-corrected chi connectivity index (χ1v) is 3.58. The first-order chi connectivity index (χ1) is 4.10. The quantitative estimate of drug-likeness (QED) is 0.490. The number of rotatable bonds is 0. The molecular weight excluding hydrogens is 110 g/mol. The number of hydrogen-bond donors (Lipinski definition) is 1. The van der Waals surface area contributed by atoms with Gasteiger partial charge in [-0.15, -0.1) is 0 Å². The minimum atomic E-state index is -0.0213. The zero-order chi connectivity index (χ0) is 6.91. The Bertz CT molecular complexity index is 125. The molecule has 0 aliphatic heterocycles. The highest BCUT2D eigenvalue weighted by Gasteiger charge is 2.18. The zero-order valence-electron chi connectivity index (χ0n) is 6.22. The summed E-state index contributed by atoms with van der Waals surface area (Å²) in [6, 6.07) is 0. The minimum Gasteiger partial charge on any atom is -0.322 e. The number of nitrogens with two attached hydrogens (primary N) is 1. The van der Waals surface area contributed by atoms with E-state index in [2.05, 4.69) is 26.0 Å². The van der Waals surface area contributed by atoms with E-state index in [1.165, 1.54) is 6.42 Å². The van der Waals surface area contributed by atoms with Gasteiger partial charge in [0.2, 0.25) is 0 Å². The Morgan fingerprint density at radius 2 is 2.33 bits per heavy atom. The molecule has 1 aliphatic carbocycles. The molecule has 0 bridgehead atoms. The Balaban J connectivity index is 2.58. The van der Waals surface area contributed by atoms with Gasteiger partial charge in [0.05, 0.1) is 0 Å². The van der Waals surface area contributed by atoms with Crippen LogP contribution in [0.1, 0.15) is 26.7 Å². The van der Waals surface area contributed by atoms with E-state index in [1.807, 2.05) is 0 Å². The van der Waals surface area contributed by atoms with E-state index in [1.54, 1.807) is 0 Å². The maximum atomic E-state index is 5.85. The predicted molar refractivity (Wildman–Crippen MR) is 40.1 cm³/mol. The molecule has 2 atom stereocenters. The monoisotopic (exact) mass is 125 g/mol.